The number of ether oxygens (including phenoxy) is 1. The minimum atomic E-state index is -0.0558. The molecule has 2 rings (SSSR count). The number of nitrogens with zero attached hydrogens (tertiary/aromatic N) is 2. The van der Waals surface area contributed by atoms with Crippen LogP contribution in [0.3, 0.4) is 0 Å². The van der Waals surface area contributed by atoms with E-state index >= 15 is 0 Å². The number of pyridine rings is 1. The average molecular weight is 244 g/mol. The maximum absolute atomic E-state index is 9.10. The van der Waals surface area contributed by atoms with Gasteiger partial charge in [0, 0.05) is 30.7 Å². The van der Waals surface area contributed by atoms with Crippen LogP contribution in [-0.2, 0) is 6.61 Å². The van der Waals surface area contributed by atoms with Crippen molar-refractivity contribution in [1.29, 1.82) is 0 Å². The van der Waals surface area contributed by atoms with Crippen LogP contribution in [0.25, 0.3) is 0 Å². The Morgan fingerprint density at radius 3 is 2.72 bits per heavy atom. The van der Waals surface area contributed by atoms with Gasteiger partial charge in [0.1, 0.15) is 5.75 Å². The molecule has 1 aromatic heterocycles. The van der Waals surface area contributed by atoms with E-state index < -0.39 is 0 Å². The molecule has 4 heteroatoms. The fourth-order valence-corrected chi connectivity index (χ4v) is 1.73. The van der Waals surface area contributed by atoms with Crippen molar-refractivity contribution in [1.82, 2.24) is 4.98 Å². The average Bonchev–Trinajstić information content (AvgIpc) is 2.46. The molecule has 0 unspecified atom stereocenters. The van der Waals surface area contributed by atoms with Crippen molar-refractivity contribution in [2.24, 2.45) is 0 Å². The van der Waals surface area contributed by atoms with Gasteiger partial charge in [-0.25, -0.2) is 0 Å². The minimum absolute atomic E-state index is 0.0558. The molecule has 0 aliphatic heterocycles. The predicted molar refractivity (Wildman–Crippen MR) is 71.2 cm³/mol. The highest BCUT2D eigenvalue weighted by atomic mass is 16.5. The van der Waals surface area contributed by atoms with Crippen LogP contribution in [0, 0.1) is 0 Å². The van der Waals surface area contributed by atoms with E-state index in [-0.39, 0.29) is 6.61 Å². The van der Waals surface area contributed by atoms with E-state index in [4.69, 9.17) is 9.84 Å². The standard InChI is InChI=1S/C14H16N2O2/c1-16(12-4-3-5-14(9-12)18-2)13-6-7-15-11(8-13)10-17/h3-9,17H,10H2,1-2H3. The summed E-state index contributed by atoms with van der Waals surface area (Å²) in [7, 11) is 3.61. The van der Waals surface area contributed by atoms with E-state index in [0.717, 1.165) is 17.1 Å². The van der Waals surface area contributed by atoms with Crippen LogP contribution in [-0.4, -0.2) is 24.2 Å². The summed E-state index contributed by atoms with van der Waals surface area (Å²) in [6.07, 6.45) is 1.69. The van der Waals surface area contributed by atoms with Gasteiger partial charge >= 0.3 is 0 Å². The first-order chi connectivity index (χ1) is 8.74. The van der Waals surface area contributed by atoms with Crippen molar-refractivity contribution in [2.75, 3.05) is 19.1 Å². The largest absolute Gasteiger partial charge is 0.497 e. The van der Waals surface area contributed by atoms with Crippen molar-refractivity contribution < 1.29 is 9.84 Å². The Balaban J connectivity index is 2.31. The third-order valence-corrected chi connectivity index (χ3v) is 2.79. The van der Waals surface area contributed by atoms with Crippen LogP contribution in [0.15, 0.2) is 42.6 Å². The van der Waals surface area contributed by atoms with Crippen molar-refractivity contribution in [2.45, 2.75) is 6.61 Å². The summed E-state index contributed by atoms with van der Waals surface area (Å²) in [5.41, 5.74) is 2.65. The first kappa shape index (κ1) is 12.4. The van der Waals surface area contributed by atoms with Crippen LogP contribution in [0.5, 0.6) is 5.75 Å². The van der Waals surface area contributed by atoms with Gasteiger partial charge in [-0.2, -0.15) is 0 Å². The van der Waals surface area contributed by atoms with Crippen LogP contribution in [0.4, 0.5) is 11.4 Å². The lowest BCUT2D eigenvalue weighted by Crippen LogP contribution is -2.10. The van der Waals surface area contributed by atoms with Crippen LogP contribution < -0.4 is 9.64 Å². The van der Waals surface area contributed by atoms with Gasteiger partial charge in [0.05, 0.1) is 19.4 Å². The Bertz CT molecular complexity index is 481. The Hall–Kier alpha value is -2.07. The minimum Gasteiger partial charge on any atom is -0.497 e. The van der Waals surface area contributed by atoms with Crippen molar-refractivity contribution in [3.63, 3.8) is 0 Å². The first-order valence-corrected chi connectivity index (χ1v) is 5.68. The topological polar surface area (TPSA) is 45.6 Å². The zero-order valence-electron chi connectivity index (χ0n) is 10.5. The third kappa shape index (κ3) is 2.60. The van der Waals surface area contributed by atoms with Gasteiger partial charge in [-0.1, -0.05) is 6.07 Å². The summed E-state index contributed by atoms with van der Waals surface area (Å²) in [6.45, 7) is -0.0558. The molecule has 1 N–H and O–H groups in total. The number of hydrogen-bond acceptors (Lipinski definition) is 4. The van der Waals surface area contributed by atoms with E-state index in [1.807, 2.05) is 48.3 Å². The lowest BCUT2D eigenvalue weighted by Gasteiger charge is -2.20. The second-order valence-corrected chi connectivity index (χ2v) is 3.92. The lowest BCUT2D eigenvalue weighted by atomic mass is 10.2. The summed E-state index contributed by atoms with van der Waals surface area (Å²) < 4.78 is 5.21. The normalized spacial score (nSPS) is 10.2. The van der Waals surface area contributed by atoms with E-state index in [1.165, 1.54) is 0 Å². The van der Waals surface area contributed by atoms with Gasteiger partial charge in [0.25, 0.3) is 0 Å². The molecule has 1 aromatic carbocycles. The molecule has 0 amide bonds. The highest BCUT2D eigenvalue weighted by Gasteiger charge is 2.06. The number of anilines is 2. The Morgan fingerprint density at radius 1 is 1.22 bits per heavy atom. The summed E-state index contributed by atoms with van der Waals surface area (Å²) in [6, 6.07) is 11.6. The molecule has 1 heterocycles. The van der Waals surface area contributed by atoms with Gasteiger partial charge in [-0.15, -0.1) is 0 Å². The molecule has 0 fully saturated rings. The van der Waals surface area contributed by atoms with Crippen molar-refractivity contribution in [3.05, 3.63) is 48.3 Å². The molecule has 0 aliphatic carbocycles. The van der Waals surface area contributed by atoms with E-state index in [0.29, 0.717) is 5.69 Å². The molecule has 0 bridgehead atoms. The molecule has 0 atom stereocenters. The lowest BCUT2D eigenvalue weighted by molar-refractivity contribution is 0.277. The molecule has 0 saturated carbocycles. The molecular weight excluding hydrogens is 228 g/mol. The summed E-state index contributed by atoms with van der Waals surface area (Å²) in [5.74, 6) is 0.816. The van der Waals surface area contributed by atoms with Gasteiger partial charge in [0.2, 0.25) is 0 Å². The SMILES string of the molecule is COc1cccc(N(C)c2ccnc(CO)c2)c1. The number of benzene rings is 1. The molecule has 94 valence electrons. The van der Waals surface area contributed by atoms with E-state index in [1.54, 1.807) is 13.3 Å². The molecule has 0 aliphatic rings. The second kappa shape index (κ2) is 5.51. The fourth-order valence-electron chi connectivity index (χ4n) is 1.73. The number of hydrogen-bond donors (Lipinski definition) is 1. The highest BCUT2D eigenvalue weighted by Crippen LogP contribution is 2.26. The smallest absolute Gasteiger partial charge is 0.120 e. The third-order valence-electron chi connectivity index (χ3n) is 2.79. The monoisotopic (exact) mass is 244 g/mol. The second-order valence-electron chi connectivity index (χ2n) is 3.92. The molecule has 0 saturated heterocycles. The molecule has 0 radical (unpaired) electrons. The number of aliphatic hydroxyl groups is 1. The maximum atomic E-state index is 9.10. The van der Waals surface area contributed by atoms with E-state index in [9.17, 15) is 0 Å². The van der Waals surface area contributed by atoms with Crippen LogP contribution >= 0.6 is 0 Å². The Morgan fingerprint density at radius 2 is 2.00 bits per heavy atom. The summed E-state index contributed by atoms with van der Waals surface area (Å²) in [5, 5.41) is 9.10. The predicted octanol–water partition coefficient (Wildman–Crippen LogP) is 2.35. The van der Waals surface area contributed by atoms with Gasteiger partial charge in [-0.05, 0) is 24.3 Å². The van der Waals surface area contributed by atoms with Crippen LogP contribution in [0.1, 0.15) is 5.69 Å². The van der Waals surface area contributed by atoms with Gasteiger partial charge in [-0.3, -0.25) is 4.98 Å². The number of methoxy groups -OCH3 is 1. The molecule has 4 nitrogen and oxygen atoms in total. The van der Waals surface area contributed by atoms with Gasteiger partial charge < -0.3 is 14.7 Å². The van der Waals surface area contributed by atoms with Crippen molar-refractivity contribution >= 4 is 11.4 Å². The fraction of sp³-hybridized carbons (Fsp3) is 0.214. The van der Waals surface area contributed by atoms with Crippen molar-refractivity contribution in [3.8, 4) is 5.75 Å². The first-order valence-electron chi connectivity index (χ1n) is 5.68. The quantitative estimate of drug-likeness (QED) is 0.896. The summed E-state index contributed by atoms with van der Waals surface area (Å²) in [4.78, 5) is 6.08. The molecule has 0 spiro atoms. The number of aliphatic hydroxyl groups excluding tert-OH is 1. The van der Waals surface area contributed by atoms with Gasteiger partial charge in [0.15, 0.2) is 0 Å². The highest BCUT2D eigenvalue weighted by molar-refractivity contribution is 5.63. The van der Waals surface area contributed by atoms with E-state index in [2.05, 4.69) is 4.98 Å². The molecular formula is C14H16N2O2. The zero-order valence-corrected chi connectivity index (χ0v) is 10.5. The zero-order chi connectivity index (χ0) is 13.0. The Kier molecular flexibility index (Phi) is 3.79. The Labute approximate surface area is 106 Å². The molecule has 2 aromatic rings. The summed E-state index contributed by atoms with van der Waals surface area (Å²) >= 11 is 0. The van der Waals surface area contributed by atoms with Crippen LogP contribution in [0.2, 0.25) is 0 Å². The number of aromatic nitrogens is 1. The number of rotatable bonds is 4. The maximum Gasteiger partial charge on any atom is 0.120 e. The molecule has 18 heavy (non-hydrogen) atoms.